The first-order chi connectivity index (χ1) is 18.4. The van der Waals surface area contributed by atoms with Crippen LogP contribution in [0.4, 0.5) is 4.79 Å². The minimum absolute atomic E-state index is 0.0518. The third-order valence-electron chi connectivity index (χ3n) is 7.97. The van der Waals surface area contributed by atoms with Crippen molar-refractivity contribution < 1.29 is 29.0 Å². The number of amides is 2. The number of rotatable bonds is 2. The van der Waals surface area contributed by atoms with Crippen molar-refractivity contribution in [3.8, 4) is 5.88 Å². The van der Waals surface area contributed by atoms with E-state index in [9.17, 15) is 19.5 Å². The molecule has 1 saturated carbocycles. The summed E-state index contributed by atoms with van der Waals surface area (Å²) in [4.78, 5) is 44.7. The summed E-state index contributed by atoms with van der Waals surface area (Å²) in [5.41, 5.74) is 1.17. The molecule has 9 nitrogen and oxygen atoms in total. The van der Waals surface area contributed by atoms with Gasteiger partial charge in [-0.15, -0.1) is 0 Å². The second-order valence-corrected chi connectivity index (χ2v) is 11.7. The lowest BCUT2D eigenvalue weighted by atomic mass is 9.83. The van der Waals surface area contributed by atoms with Gasteiger partial charge in [0.05, 0.1) is 13.2 Å². The lowest BCUT2D eigenvalue weighted by Crippen LogP contribution is -2.55. The number of fused-ring (bicyclic) bond motifs is 3. The zero-order chi connectivity index (χ0) is 26.6. The Hall–Kier alpha value is -2.63. The molecule has 0 radical (unpaired) electrons. The minimum atomic E-state index is -1.08. The van der Waals surface area contributed by atoms with E-state index in [0.29, 0.717) is 5.88 Å². The number of carboxylic acid groups (broad SMARTS) is 1. The highest BCUT2D eigenvalue weighted by Crippen LogP contribution is 2.33. The smallest absolute Gasteiger partial charge is 0.407 e. The molecule has 1 aromatic heterocycles. The standard InChI is InChI=1S/C28H34IN3O6/c29-22-14-17-7-3-2-6-12-37-28(36)31-24(18-8-4-1-5-9-18)26(33)32-16-19(15-23(32)27(34)35)38-25-21(13-17)20(22)10-11-30-25/h10-11,13-14,18-19,23-24H,1-9,12,15-16H2,(H,31,36)(H,34,35)/t19-,23+,24+/m1/s1. The predicted octanol–water partition coefficient (Wildman–Crippen LogP) is 4.67. The Bertz CT molecular complexity index is 1200. The predicted molar refractivity (Wildman–Crippen MR) is 149 cm³/mol. The molecular weight excluding hydrogens is 601 g/mol. The molecule has 5 rings (SSSR count). The van der Waals surface area contributed by atoms with Gasteiger partial charge in [-0.2, -0.15) is 0 Å². The molecule has 2 fully saturated rings. The molecule has 3 heterocycles. The number of hydrogen-bond acceptors (Lipinski definition) is 6. The molecule has 3 aliphatic rings. The number of aryl methyl sites for hydroxylation is 1. The van der Waals surface area contributed by atoms with Gasteiger partial charge in [-0.25, -0.2) is 14.6 Å². The Morgan fingerprint density at radius 1 is 1.08 bits per heavy atom. The lowest BCUT2D eigenvalue weighted by Gasteiger charge is -2.33. The van der Waals surface area contributed by atoms with Crippen LogP contribution in [0.2, 0.25) is 0 Å². The second kappa shape index (κ2) is 12.0. The van der Waals surface area contributed by atoms with Gasteiger partial charge in [0.2, 0.25) is 11.8 Å². The quantitative estimate of drug-likeness (QED) is 0.461. The van der Waals surface area contributed by atoms with Crippen LogP contribution in [0.25, 0.3) is 10.8 Å². The molecule has 2 amide bonds. The maximum absolute atomic E-state index is 13.9. The van der Waals surface area contributed by atoms with E-state index >= 15 is 0 Å². The number of carbonyl (C=O) groups is 3. The fourth-order valence-corrected chi connectivity index (χ4v) is 6.87. The molecule has 2 N–H and O–H groups in total. The number of alkyl carbamates (subject to hydrolysis) is 1. The normalized spacial score (nSPS) is 25.8. The van der Waals surface area contributed by atoms with Crippen molar-refractivity contribution in [2.45, 2.75) is 82.4 Å². The third kappa shape index (κ3) is 6.00. The number of cyclic esters (lactones) is 1. The Kier molecular flexibility index (Phi) is 8.54. The van der Waals surface area contributed by atoms with E-state index < -0.39 is 30.3 Å². The van der Waals surface area contributed by atoms with Crippen LogP contribution >= 0.6 is 22.6 Å². The molecule has 2 aromatic rings. The summed E-state index contributed by atoms with van der Waals surface area (Å²) >= 11 is 2.32. The van der Waals surface area contributed by atoms with Gasteiger partial charge in [-0.05, 0) is 90.8 Å². The van der Waals surface area contributed by atoms with Crippen LogP contribution in [0.5, 0.6) is 5.88 Å². The van der Waals surface area contributed by atoms with Gasteiger partial charge in [-0.1, -0.05) is 19.3 Å². The van der Waals surface area contributed by atoms with Gasteiger partial charge in [0.1, 0.15) is 18.2 Å². The molecule has 1 saturated heterocycles. The fourth-order valence-electron chi connectivity index (χ4n) is 5.99. The summed E-state index contributed by atoms with van der Waals surface area (Å²) in [7, 11) is 0. The first-order valence-corrected chi connectivity index (χ1v) is 14.7. The van der Waals surface area contributed by atoms with Gasteiger partial charge in [0.25, 0.3) is 0 Å². The molecule has 1 aromatic carbocycles. The van der Waals surface area contributed by atoms with Gasteiger partial charge in [-0.3, -0.25) is 4.79 Å². The minimum Gasteiger partial charge on any atom is -0.480 e. The largest absolute Gasteiger partial charge is 0.480 e. The maximum Gasteiger partial charge on any atom is 0.407 e. The number of pyridine rings is 1. The number of hydrogen-bond donors (Lipinski definition) is 2. The van der Waals surface area contributed by atoms with Gasteiger partial charge >= 0.3 is 12.1 Å². The molecule has 2 aliphatic heterocycles. The van der Waals surface area contributed by atoms with Crippen molar-refractivity contribution in [2.75, 3.05) is 13.2 Å². The monoisotopic (exact) mass is 635 g/mol. The molecule has 10 heteroatoms. The summed E-state index contributed by atoms with van der Waals surface area (Å²) in [5.74, 6) is -1.06. The third-order valence-corrected chi connectivity index (χ3v) is 8.86. The van der Waals surface area contributed by atoms with E-state index in [1.807, 2.05) is 6.07 Å². The lowest BCUT2D eigenvalue weighted by molar-refractivity contribution is -0.149. The number of nitrogens with one attached hydrogen (secondary N) is 1. The van der Waals surface area contributed by atoms with Crippen LogP contribution in [-0.4, -0.2) is 64.3 Å². The van der Waals surface area contributed by atoms with Crippen LogP contribution in [0.1, 0.15) is 63.4 Å². The van der Waals surface area contributed by atoms with Crippen molar-refractivity contribution in [3.63, 3.8) is 0 Å². The van der Waals surface area contributed by atoms with Crippen molar-refractivity contribution in [3.05, 3.63) is 33.5 Å². The zero-order valence-corrected chi connectivity index (χ0v) is 23.5. The number of carboxylic acids is 1. The highest BCUT2D eigenvalue weighted by molar-refractivity contribution is 14.1. The summed E-state index contributed by atoms with van der Waals surface area (Å²) in [5, 5.41) is 14.7. The molecule has 1 aliphatic carbocycles. The highest BCUT2D eigenvalue weighted by atomic mass is 127. The van der Waals surface area contributed by atoms with Crippen LogP contribution in [-0.2, 0) is 20.7 Å². The number of benzene rings is 1. The number of carbonyl (C=O) groups excluding carboxylic acids is 2. The molecule has 204 valence electrons. The fraction of sp³-hybridized carbons (Fsp3) is 0.571. The number of nitrogens with zero attached hydrogens (tertiary/aromatic N) is 2. The van der Waals surface area contributed by atoms with E-state index in [1.165, 1.54) is 10.5 Å². The SMILES string of the molecule is O=C1N[C@@H](C2CCCCC2)C(=O)N2C[C@@H](C[C@H]2C(=O)O)Oc2nccc3c(I)cc(cc23)CCCCCO1. The van der Waals surface area contributed by atoms with Gasteiger partial charge in [0.15, 0.2) is 0 Å². The van der Waals surface area contributed by atoms with Crippen LogP contribution < -0.4 is 10.1 Å². The first-order valence-electron chi connectivity index (χ1n) is 13.6. The van der Waals surface area contributed by atoms with E-state index in [4.69, 9.17) is 9.47 Å². The topological polar surface area (TPSA) is 118 Å². The summed E-state index contributed by atoms with van der Waals surface area (Å²) in [6, 6.07) is 4.36. The number of halogens is 1. The van der Waals surface area contributed by atoms with Crippen molar-refractivity contribution in [1.29, 1.82) is 0 Å². The number of aliphatic carboxylic acids is 1. The summed E-state index contributed by atoms with van der Waals surface area (Å²) < 4.78 is 12.9. The van der Waals surface area contributed by atoms with Crippen molar-refractivity contribution in [1.82, 2.24) is 15.2 Å². The van der Waals surface area contributed by atoms with E-state index in [-0.39, 0.29) is 31.4 Å². The molecular formula is C28H34IN3O6. The van der Waals surface area contributed by atoms with E-state index in [0.717, 1.165) is 72.1 Å². The first kappa shape index (κ1) is 27.0. The molecule has 3 atom stereocenters. The molecule has 0 spiro atoms. The Morgan fingerprint density at radius 2 is 1.87 bits per heavy atom. The van der Waals surface area contributed by atoms with Gasteiger partial charge < -0.3 is 24.8 Å². The molecule has 0 unspecified atom stereocenters. The Morgan fingerprint density at radius 3 is 2.66 bits per heavy atom. The van der Waals surface area contributed by atoms with Crippen LogP contribution in [0.3, 0.4) is 0 Å². The van der Waals surface area contributed by atoms with Crippen molar-refractivity contribution >= 4 is 51.3 Å². The highest BCUT2D eigenvalue weighted by Gasteiger charge is 2.45. The molecule has 4 bridgehead atoms. The average molecular weight is 635 g/mol. The van der Waals surface area contributed by atoms with E-state index in [1.54, 1.807) is 6.20 Å². The maximum atomic E-state index is 13.9. The number of ether oxygens (including phenoxy) is 2. The van der Waals surface area contributed by atoms with Crippen molar-refractivity contribution in [2.24, 2.45) is 5.92 Å². The van der Waals surface area contributed by atoms with E-state index in [2.05, 4.69) is 45.0 Å². The zero-order valence-electron chi connectivity index (χ0n) is 21.4. The average Bonchev–Trinajstić information content (AvgIpc) is 3.34. The summed E-state index contributed by atoms with van der Waals surface area (Å²) in [6.07, 6.45) is 8.83. The summed E-state index contributed by atoms with van der Waals surface area (Å²) in [6.45, 7) is 0.392. The van der Waals surface area contributed by atoms with Gasteiger partial charge in [0, 0.05) is 27.0 Å². The number of aromatic nitrogens is 1. The second-order valence-electron chi connectivity index (χ2n) is 10.6. The Balaban J connectivity index is 1.48. The van der Waals surface area contributed by atoms with Crippen LogP contribution in [0.15, 0.2) is 24.4 Å². The molecule has 38 heavy (non-hydrogen) atoms. The Labute approximate surface area is 235 Å². The van der Waals surface area contributed by atoms with Crippen LogP contribution in [0, 0.1) is 9.49 Å².